The van der Waals surface area contributed by atoms with E-state index in [0.717, 1.165) is 17.7 Å². The summed E-state index contributed by atoms with van der Waals surface area (Å²) in [6.45, 7) is 8.67. The first-order valence-corrected chi connectivity index (χ1v) is 9.31. The van der Waals surface area contributed by atoms with E-state index < -0.39 is 0 Å². The van der Waals surface area contributed by atoms with Crippen LogP contribution in [-0.2, 0) is 4.79 Å². The van der Waals surface area contributed by atoms with E-state index in [9.17, 15) is 9.59 Å². The highest BCUT2D eigenvalue weighted by Crippen LogP contribution is 2.29. The SMILES string of the molecule is Cc1cccc(C(C)C)c1Nc1ccc(C(=O)N2CCN(C=O)CC2)cn1. The largest absolute Gasteiger partial charge is 0.342 e. The number of carbonyl (C=O) groups excluding carboxylic acids is 2. The minimum absolute atomic E-state index is 0.0432. The molecule has 1 aliphatic heterocycles. The topological polar surface area (TPSA) is 65.5 Å². The van der Waals surface area contributed by atoms with Crippen LogP contribution in [0.2, 0.25) is 0 Å². The van der Waals surface area contributed by atoms with Crippen molar-refractivity contribution in [1.82, 2.24) is 14.8 Å². The Labute approximate surface area is 160 Å². The summed E-state index contributed by atoms with van der Waals surface area (Å²) in [6, 6.07) is 9.90. The summed E-state index contributed by atoms with van der Waals surface area (Å²) >= 11 is 0. The number of nitrogens with zero attached hydrogens (tertiary/aromatic N) is 3. The second-order valence-corrected chi connectivity index (χ2v) is 7.18. The Morgan fingerprint density at radius 2 is 1.89 bits per heavy atom. The Balaban J connectivity index is 1.71. The van der Waals surface area contributed by atoms with Gasteiger partial charge in [-0.3, -0.25) is 9.59 Å². The number of aryl methyl sites for hydroxylation is 1. The zero-order valence-corrected chi connectivity index (χ0v) is 16.1. The summed E-state index contributed by atoms with van der Waals surface area (Å²) < 4.78 is 0. The number of amides is 2. The number of piperazine rings is 1. The summed E-state index contributed by atoms with van der Waals surface area (Å²) in [6.07, 6.45) is 2.45. The molecule has 6 nitrogen and oxygen atoms in total. The molecule has 0 unspecified atom stereocenters. The van der Waals surface area contributed by atoms with E-state index >= 15 is 0 Å². The van der Waals surface area contributed by atoms with Crippen molar-refractivity contribution in [1.29, 1.82) is 0 Å². The fraction of sp³-hybridized carbons (Fsp3) is 0.381. The first kappa shape index (κ1) is 18.9. The van der Waals surface area contributed by atoms with Crippen LogP contribution in [0, 0.1) is 6.92 Å². The van der Waals surface area contributed by atoms with Gasteiger partial charge in [-0.15, -0.1) is 0 Å². The summed E-state index contributed by atoms with van der Waals surface area (Å²) in [5, 5.41) is 3.40. The maximum Gasteiger partial charge on any atom is 0.255 e. The van der Waals surface area contributed by atoms with Gasteiger partial charge in [-0.1, -0.05) is 32.0 Å². The Morgan fingerprint density at radius 3 is 2.48 bits per heavy atom. The smallest absolute Gasteiger partial charge is 0.255 e. The molecule has 0 aliphatic carbocycles. The first-order valence-electron chi connectivity index (χ1n) is 9.31. The predicted octanol–water partition coefficient (Wildman–Crippen LogP) is 3.17. The molecule has 2 amide bonds. The molecular formula is C21H26N4O2. The molecule has 2 heterocycles. The zero-order chi connectivity index (χ0) is 19.4. The fourth-order valence-electron chi connectivity index (χ4n) is 3.28. The number of hydrogen-bond acceptors (Lipinski definition) is 4. The molecule has 0 atom stereocenters. The highest BCUT2D eigenvalue weighted by molar-refractivity contribution is 5.94. The number of para-hydroxylation sites is 1. The van der Waals surface area contributed by atoms with Crippen LogP contribution in [0.15, 0.2) is 36.5 Å². The molecule has 0 radical (unpaired) electrons. The Hall–Kier alpha value is -2.89. The van der Waals surface area contributed by atoms with Gasteiger partial charge >= 0.3 is 0 Å². The summed E-state index contributed by atoms with van der Waals surface area (Å²) in [5.41, 5.74) is 4.04. The average Bonchev–Trinajstić information content (AvgIpc) is 2.69. The zero-order valence-electron chi connectivity index (χ0n) is 16.1. The molecule has 1 aromatic carbocycles. The molecule has 1 aliphatic rings. The number of aromatic nitrogens is 1. The number of nitrogens with one attached hydrogen (secondary N) is 1. The quantitative estimate of drug-likeness (QED) is 0.826. The first-order chi connectivity index (χ1) is 13.0. The molecule has 1 saturated heterocycles. The van der Waals surface area contributed by atoms with Gasteiger partial charge in [0.15, 0.2) is 0 Å². The lowest BCUT2D eigenvalue weighted by Gasteiger charge is -2.32. The summed E-state index contributed by atoms with van der Waals surface area (Å²) in [5.74, 6) is 1.07. The van der Waals surface area contributed by atoms with Crippen LogP contribution in [0.1, 0.15) is 41.3 Å². The van der Waals surface area contributed by atoms with Crippen LogP contribution >= 0.6 is 0 Å². The standard InChI is InChI=1S/C21H26N4O2/c1-15(2)18-6-4-5-16(3)20(18)23-19-8-7-17(13-22-19)21(27)25-11-9-24(14-26)10-12-25/h4-8,13-15H,9-12H2,1-3H3,(H,22,23). The van der Waals surface area contributed by atoms with Crippen LogP contribution in [0.5, 0.6) is 0 Å². The van der Waals surface area contributed by atoms with Crippen LogP contribution in [-0.4, -0.2) is 53.3 Å². The van der Waals surface area contributed by atoms with Crippen molar-refractivity contribution < 1.29 is 9.59 Å². The summed E-state index contributed by atoms with van der Waals surface area (Å²) in [4.78, 5) is 31.3. The van der Waals surface area contributed by atoms with Gasteiger partial charge in [0.05, 0.1) is 5.56 Å². The number of anilines is 2. The van der Waals surface area contributed by atoms with E-state index in [1.165, 1.54) is 5.56 Å². The van der Waals surface area contributed by atoms with Crippen LogP contribution in [0.3, 0.4) is 0 Å². The minimum Gasteiger partial charge on any atom is -0.342 e. The lowest BCUT2D eigenvalue weighted by molar-refractivity contribution is -0.119. The van der Waals surface area contributed by atoms with Crippen molar-refractivity contribution in [2.45, 2.75) is 26.7 Å². The maximum absolute atomic E-state index is 12.6. The van der Waals surface area contributed by atoms with E-state index in [0.29, 0.717) is 43.5 Å². The van der Waals surface area contributed by atoms with E-state index in [2.05, 4.69) is 49.3 Å². The van der Waals surface area contributed by atoms with Crippen molar-refractivity contribution in [3.63, 3.8) is 0 Å². The maximum atomic E-state index is 12.6. The van der Waals surface area contributed by atoms with Crippen LogP contribution in [0.25, 0.3) is 0 Å². The van der Waals surface area contributed by atoms with Crippen LogP contribution < -0.4 is 5.32 Å². The van der Waals surface area contributed by atoms with Crippen molar-refractivity contribution >= 4 is 23.8 Å². The van der Waals surface area contributed by atoms with Gasteiger partial charge in [0.25, 0.3) is 5.91 Å². The number of rotatable bonds is 5. The molecule has 0 bridgehead atoms. The van der Waals surface area contributed by atoms with Crippen molar-refractivity contribution in [3.8, 4) is 0 Å². The molecule has 0 spiro atoms. The lowest BCUT2D eigenvalue weighted by atomic mass is 9.98. The van der Waals surface area contributed by atoms with Crippen molar-refractivity contribution in [2.75, 3.05) is 31.5 Å². The highest BCUT2D eigenvalue weighted by atomic mass is 16.2. The molecule has 1 fully saturated rings. The Kier molecular flexibility index (Phi) is 5.74. The number of carbonyl (C=O) groups is 2. The predicted molar refractivity (Wildman–Crippen MR) is 106 cm³/mol. The van der Waals surface area contributed by atoms with Crippen molar-refractivity contribution in [2.24, 2.45) is 0 Å². The Morgan fingerprint density at radius 1 is 1.15 bits per heavy atom. The lowest BCUT2D eigenvalue weighted by Crippen LogP contribution is -2.48. The second kappa shape index (κ2) is 8.20. The molecule has 1 N–H and O–H groups in total. The molecule has 27 heavy (non-hydrogen) atoms. The number of pyridine rings is 1. The Bertz CT molecular complexity index is 809. The molecule has 3 rings (SSSR count). The van der Waals surface area contributed by atoms with Gasteiger partial charge in [0.1, 0.15) is 5.82 Å². The fourth-order valence-corrected chi connectivity index (χ4v) is 3.28. The normalized spacial score (nSPS) is 14.4. The average molecular weight is 366 g/mol. The van der Waals surface area contributed by atoms with Gasteiger partial charge in [-0.25, -0.2) is 4.98 Å². The van der Waals surface area contributed by atoms with Gasteiger partial charge in [0.2, 0.25) is 6.41 Å². The van der Waals surface area contributed by atoms with Crippen LogP contribution in [0.4, 0.5) is 11.5 Å². The molecule has 142 valence electrons. The van der Waals surface area contributed by atoms with E-state index in [4.69, 9.17) is 0 Å². The third-order valence-electron chi connectivity index (χ3n) is 4.94. The van der Waals surface area contributed by atoms with Gasteiger partial charge in [-0.05, 0) is 36.1 Å². The molecular weight excluding hydrogens is 340 g/mol. The van der Waals surface area contributed by atoms with E-state index in [1.807, 2.05) is 6.07 Å². The molecule has 1 aromatic heterocycles. The number of benzene rings is 1. The highest BCUT2D eigenvalue weighted by Gasteiger charge is 2.21. The monoisotopic (exact) mass is 366 g/mol. The van der Waals surface area contributed by atoms with Gasteiger partial charge in [0, 0.05) is 38.1 Å². The third-order valence-corrected chi connectivity index (χ3v) is 4.94. The van der Waals surface area contributed by atoms with Crippen molar-refractivity contribution in [3.05, 3.63) is 53.2 Å². The molecule has 6 heteroatoms. The van der Waals surface area contributed by atoms with Gasteiger partial charge in [-0.2, -0.15) is 0 Å². The molecule has 2 aromatic rings. The number of hydrogen-bond donors (Lipinski definition) is 1. The third kappa shape index (κ3) is 4.27. The second-order valence-electron chi connectivity index (χ2n) is 7.18. The molecule has 0 saturated carbocycles. The van der Waals surface area contributed by atoms with Gasteiger partial charge < -0.3 is 15.1 Å². The van der Waals surface area contributed by atoms with E-state index in [1.54, 1.807) is 22.1 Å². The summed E-state index contributed by atoms with van der Waals surface area (Å²) in [7, 11) is 0. The minimum atomic E-state index is -0.0432. The van der Waals surface area contributed by atoms with E-state index in [-0.39, 0.29) is 5.91 Å².